The van der Waals surface area contributed by atoms with Gasteiger partial charge in [-0.1, -0.05) is 6.07 Å². The first-order chi connectivity index (χ1) is 13.0. The molecule has 0 saturated carbocycles. The Morgan fingerprint density at radius 2 is 1.85 bits per heavy atom. The summed E-state index contributed by atoms with van der Waals surface area (Å²) in [7, 11) is 0. The molecule has 0 saturated heterocycles. The minimum Gasteiger partial charge on any atom is -0.397 e. The van der Waals surface area contributed by atoms with Gasteiger partial charge in [0, 0.05) is 16.6 Å². The molecule has 0 radical (unpaired) electrons. The van der Waals surface area contributed by atoms with E-state index in [1.807, 2.05) is 29.6 Å². The molecule has 27 heavy (non-hydrogen) atoms. The molecule has 4 aromatic rings. The molecule has 7 heteroatoms. The highest BCUT2D eigenvalue weighted by Gasteiger charge is 2.18. The number of hydrogen-bond donors (Lipinski definition) is 2. The van der Waals surface area contributed by atoms with Crippen molar-refractivity contribution in [3.05, 3.63) is 64.4 Å². The van der Waals surface area contributed by atoms with Crippen molar-refractivity contribution >= 4 is 56.0 Å². The van der Waals surface area contributed by atoms with Crippen LogP contribution in [-0.4, -0.2) is 16.7 Å². The number of Topliss-reactive ketones (excluding diaryl/α,β-unsaturated/α-hetero) is 1. The Morgan fingerprint density at radius 1 is 1.07 bits per heavy atom. The van der Waals surface area contributed by atoms with E-state index in [1.54, 1.807) is 35.6 Å². The van der Waals surface area contributed by atoms with E-state index in [0.29, 0.717) is 21.8 Å². The van der Waals surface area contributed by atoms with Gasteiger partial charge in [-0.05, 0) is 54.8 Å². The van der Waals surface area contributed by atoms with E-state index >= 15 is 0 Å². The van der Waals surface area contributed by atoms with Crippen molar-refractivity contribution in [2.75, 3.05) is 11.1 Å². The number of benzene rings is 1. The molecule has 3 heterocycles. The third-order valence-electron chi connectivity index (χ3n) is 4.12. The lowest BCUT2D eigenvalue weighted by Gasteiger charge is -2.05. The topological polar surface area (TPSA) is 85.1 Å². The fourth-order valence-corrected chi connectivity index (χ4v) is 4.39. The molecule has 0 aliphatic rings. The largest absolute Gasteiger partial charge is 0.397 e. The van der Waals surface area contributed by atoms with Crippen LogP contribution in [0.3, 0.4) is 0 Å². The maximum absolute atomic E-state index is 12.7. The number of nitrogens with zero attached hydrogens (tertiary/aromatic N) is 1. The molecule has 0 atom stereocenters. The van der Waals surface area contributed by atoms with Crippen LogP contribution in [0.2, 0.25) is 0 Å². The average Bonchev–Trinajstić information content (AvgIpc) is 3.30. The van der Waals surface area contributed by atoms with Crippen LogP contribution >= 0.6 is 22.7 Å². The number of anilines is 2. The number of nitrogen functional groups attached to an aromatic ring is 1. The summed E-state index contributed by atoms with van der Waals surface area (Å²) < 4.78 is 0. The highest BCUT2D eigenvalue weighted by molar-refractivity contribution is 7.21. The van der Waals surface area contributed by atoms with Crippen LogP contribution < -0.4 is 11.1 Å². The number of carbonyl (C=O) groups is 2. The number of fused-ring (bicyclic) bond motifs is 1. The Labute approximate surface area is 163 Å². The third-order valence-corrected chi connectivity index (χ3v) is 6.13. The first-order valence-electron chi connectivity index (χ1n) is 8.18. The predicted molar refractivity (Wildman–Crippen MR) is 112 cm³/mol. The van der Waals surface area contributed by atoms with Crippen LogP contribution in [0, 0.1) is 0 Å². The zero-order valence-electron chi connectivity index (χ0n) is 14.4. The van der Waals surface area contributed by atoms with Gasteiger partial charge in [0.2, 0.25) is 0 Å². The summed E-state index contributed by atoms with van der Waals surface area (Å²) in [4.78, 5) is 30.9. The first-order valence-corrected chi connectivity index (χ1v) is 9.88. The van der Waals surface area contributed by atoms with Crippen LogP contribution in [0.1, 0.15) is 27.0 Å². The number of carbonyl (C=O) groups excluding carboxylic acids is 2. The van der Waals surface area contributed by atoms with Crippen molar-refractivity contribution in [2.24, 2.45) is 0 Å². The van der Waals surface area contributed by atoms with Crippen molar-refractivity contribution in [2.45, 2.75) is 6.92 Å². The predicted octanol–water partition coefficient (Wildman–Crippen LogP) is 5.06. The van der Waals surface area contributed by atoms with Gasteiger partial charge in [-0.25, -0.2) is 4.98 Å². The number of thiophene rings is 2. The smallest absolute Gasteiger partial charge is 0.267 e. The summed E-state index contributed by atoms with van der Waals surface area (Å²) in [5.41, 5.74) is 8.69. The van der Waals surface area contributed by atoms with Gasteiger partial charge in [-0.15, -0.1) is 22.7 Å². The summed E-state index contributed by atoms with van der Waals surface area (Å²) in [6.07, 6.45) is 0. The molecule has 1 aromatic carbocycles. The second kappa shape index (κ2) is 6.94. The van der Waals surface area contributed by atoms with Gasteiger partial charge in [0.05, 0.1) is 16.3 Å². The fourth-order valence-electron chi connectivity index (χ4n) is 2.70. The fraction of sp³-hybridized carbons (Fsp3) is 0.0500. The molecule has 5 nitrogen and oxygen atoms in total. The molecule has 3 aromatic heterocycles. The van der Waals surface area contributed by atoms with E-state index in [2.05, 4.69) is 10.3 Å². The van der Waals surface area contributed by atoms with E-state index < -0.39 is 0 Å². The second-order valence-electron chi connectivity index (χ2n) is 5.96. The molecule has 0 spiro atoms. The van der Waals surface area contributed by atoms with Crippen molar-refractivity contribution in [1.29, 1.82) is 0 Å². The Hall–Kier alpha value is -3.03. The van der Waals surface area contributed by atoms with Gasteiger partial charge in [0.15, 0.2) is 5.78 Å². The van der Waals surface area contributed by atoms with Gasteiger partial charge in [0.1, 0.15) is 9.71 Å². The minimum atomic E-state index is -0.288. The summed E-state index contributed by atoms with van der Waals surface area (Å²) >= 11 is 2.89. The molecule has 0 aliphatic carbocycles. The summed E-state index contributed by atoms with van der Waals surface area (Å²) in [5.74, 6) is -0.307. The Kier molecular flexibility index (Phi) is 4.47. The molecular formula is C20H15N3O2S2. The number of nitrogens with two attached hydrogens (primary N) is 1. The number of ketones is 1. The van der Waals surface area contributed by atoms with Crippen molar-refractivity contribution in [1.82, 2.24) is 4.98 Å². The summed E-state index contributed by atoms with van der Waals surface area (Å²) in [5, 5.41) is 5.60. The maximum atomic E-state index is 12.7. The number of amides is 1. The van der Waals surface area contributed by atoms with E-state index in [-0.39, 0.29) is 11.7 Å². The molecule has 0 bridgehead atoms. The lowest BCUT2D eigenvalue weighted by molar-refractivity contribution is 0.101. The van der Waals surface area contributed by atoms with Gasteiger partial charge in [0.25, 0.3) is 5.91 Å². The molecule has 0 aliphatic heterocycles. The van der Waals surface area contributed by atoms with Gasteiger partial charge in [-0.2, -0.15) is 0 Å². The van der Waals surface area contributed by atoms with Crippen LogP contribution in [0.5, 0.6) is 0 Å². The standard InChI is InChI=1S/C20H15N3O2S2/c1-11(24)12-4-6-13(7-5-12)22-19(25)18-17(21)14-8-9-15(23-20(14)27-18)16-3-2-10-26-16/h2-10H,21H2,1H3,(H,22,25). The van der Waals surface area contributed by atoms with Gasteiger partial charge in [-0.3, -0.25) is 9.59 Å². The minimum absolute atomic E-state index is 0.0192. The van der Waals surface area contributed by atoms with Crippen LogP contribution in [0.25, 0.3) is 20.8 Å². The first kappa shape index (κ1) is 17.4. The molecule has 1 amide bonds. The number of pyridine rings is 1. The van der Waals surface area contributed by atoms with Crippen molar-refractivity contribution in [3.8, 4) is 10.6 Å². The second-order valence-corrected chi connectivity index (χ2v) is 7.91. The Morgan fingerprint density at radius 3 is 2.52 bits per heavy atom. The molecule has 134 valence electrons. The Bertz CT molecular complexity index is 1150. The SMILES string of the molecule is CC(=O)c1ccc(NC(=O)c2sc3nc(-c4cccs4)ccc3c2N)cc1. The molecular weight excluding hydrogens is 378 g/mol. The van der Waals surface area contributed by atoms with Crippen LogP contribution in [-0.2, 0) is 0 Å². The highest BCUT2D eigenvalue weighted by atomic mass is 32.1. The zero-order chi connectivity index (χ0) is 19.0. The van der Waals surface area contributed by atoms with E-state index in [1.165, 1.54) is 18.3 Å². The number of aromatic nitrogens is 1. The maximum Gasteiger partial charge on any atom is 0.267 e. The molecule has 0 fully saturated rings. The lowest BCUT2D eigenvalue weighted by atomic mass is 10.1. The Balaban J connectivity index is 1.63. The van der Waals surface area contributed by atoms with Gasteiger partial charge >= 0.3 is 0 Å². The molecule has 4 rings (SSSR count). The normalized spacial score (nSPS) is 10.9. The third kappa shape index (κ3) is 3.34. The monoisotopic (exact) mass is 393 g/mol. The summed E-state index contributed by atoms with van der Waals surface area (Å²) in [6.45, 7) is 1.50. The van der Waals surface area contributed by atoms with E-state index in [9.17, 15) is 9.59 Å². The number of nitrogens with one attached hydrogen (secondary N) is 1. The van der Waals surface area contributed by atoms with Crippen LogP contribution in [0.4, 0.5) is 11.4 Å². The van der Waals surface area contributed by atoms with E-state index in [0.717, 1.165) is 20.8 Å². The zero-order valence-corrected chi connectivity index (χ0v) is 16.0. The van der Waals surface area contributed by atoms with E-state index in [4.69, 9.17) is 5.73 Å². The quantitative estimate of drug-likeness (QED) is 0.475. The molecule has 3 N–H and O–H groups in total. The van der Waals surface area contributed by atoms with Crippen molar-refractivity contribution < 1.29 is 9.59 Å². The van der Waals surface area contributed by atoms with Gasteiger partial charge < -0.3 is 11.1 Å². The van der Waals surface area contributed by atoms with Crippen LogP contribution in [0.15, 0.2) is 53.9 Å². The highest BCUT2D eigenvalue weighted by Crippen LogP contribution is 2.35. The number of rotatable bonds is 4. The lowest BCUT2D eigenvalue weighted by Crippen LogP contribution is -2.12. The molecule has 0 unspecified atom stereocenters. The average molecular weight is 393 g/mol. The summed E-state index contributed by atoms with van der Waals surface area (Å²) in [6, 6.07) is 14.6. The number of hydrogen-bond acceptors (Lipinski definition) is 6. The van der Waals surface area contributed by atoms with Crippen molar-refractivity contribution in [3.63, 3.8) is 0 Å².